The summed E-state index contributed by atoms with van der Waals surface area (Å²) in [6.45, 7) is 0. The van der Waals surface area contributed by atoms with Crippen molar-refractivity contribution in [3.05, 3.63) is 63.4 Å². The molecule has 0 saturated carbocycles. The minimum Gasteiger partial charge on any atom is -0.494 e. The monoisotopic (exact) mass is 328 g/mol. The van der Waals surface area contributed by atoms with Crippen LogP contribution in [0.2, 0.25) is 10.0 Å². The summed E-state index contributed by atoms with van der Waals surface area (Å²) >= 11 is 12.0. The van der Waals surface area contributed by atoms with Crippen LogP contribution in [0.1, 0.15) is 17.2 Å². The lowest BCUT2D eigenvalue weighted by Gasteiger charge is -2.17. The molecule has 0 fully saturated rings. The molecule has 0 spiro atoms. The van der Waals surface area contributed by atoms with E-state index < -0.39 is 5.82 Å². The number of ether oxygens (including phenoxy) is 1. The van der Waals surface area contributed by atoms with Crippen LogP contribution >= 0.6 is 23.2 Å². The molecule has 0 saturated heterocycles. The maximum Gasteiger partial charge on any atom is 0.165 e. The van der Waals surface area contributed by atoms with E-state index in [4.69, 9.17) is 33.8 Å². The Kier molecular flexibility index (Phi) is 5.42. The molecule has 0 aliphatic carbocycles. The van der Waals surface area contributed by atoms with Crippen LogP contribution in [-0.2, 0) is 6.42 Å². The van der Waals surface area contributed by atoms with Crippen LogP contribution in [0.25, 0.3) is 0 Å². The third-order valence-electron chi connectivity index (χ3n) is 3.14. The number of hydrogen-bond donors (Lipinski definition) is 2. The molecule has 0 aliphatic rings. The molecular weight excluding hydrogens is 314 g/mol. The van der Waals surface area contributed by atoms with Gasteiger partial charge in [0, 0.05) is 10.0 Å². The number of halogens is 3. The van der Waals surface area contributed by atoms with Crippen LogP contribution < -0.4 is 16.0 Å². The Bertz CT molecular complexity index is 617. The Morgan fingerprint density at radius 1 is 1.19 bits per heavy atom. The molecule has 0 radical (unpaired) electrons. The van der Waals surface area contributed by atoms with Gasteiger partial charge in [0.05, 0.1) is 13.2 Å². The molecule has 0 aliphatic heterocycles. The van der Waals surface area contributed by atoms with Gasteiger partial charge in [0.2, 0.25) is 0 Å². The van der Waals surface area contributed by atoms with Crippen molar-refractivity contribution in [2.24, 2.45) is 5.84 Å². The number of benzene rings is 2. The highest BCUT2D eigenvalue weighted by Crippen LogP contribution is 2.26. The first-order chi connectivity index (χ1) is 10.0. The van der Waals surface area contributed by atoms with Crippen LogP contribution in [0, 0.1) is 5.82 Å². The maximum atomic E-state index is 13.7. The van der Waals surface area contributed by atoms with E-state index in [9.17, 15) is 4.39 Å². The first-order valence-corrected chi connectivity index (χ1v) is 7.03. The fourth-order valence-electron chi connectivity index (χ4n) is 2.12. The van der Waals surface area contributed by atoms with Crippen molar-refractivity contribution in [1.82, 2.24) is 5.43 Å². The lowest BCUT2D eigenvalue weighted by atomic mass is 9.99. The largest absolute Gasteiger partial charge is 0.494 e. The van der Waals surface area contributed by atoms with E-state index in [1.54, 1.807) is 30.3 Å². The van der Waals surface area contributed by atoms with Crippen molar-refractivity contribution in [3.8, 4) is 5.75 Å². The van der Waals surface area contributed by atoms with Crippen LogP contribution in [0.4, 0.5) is 4.39 Å². The molecule has 21 heavy (non-hydrogen) atoms. The molecule has 0 amide bonds. The number of hydrazine groups is 1. The van der Waals surface area contributed by atoms with Gasteiger partial charge in [-0.15, -0.1) is 0 Å². The van der Waals surface area contributed by atoms with E-state index in [-0.39, 0.29) is 11.8 Å². The summed E-state index contributed by atoms with van der Waals surface area (Å²) in [5.74, 6) is 5.39. The molecule has 0 aromatic heterocycles. The summed E-state index contributed by atoms with van der Waals surface area (Å²) in [5.41, 5.74) is 4.32. The Labute approximate surface area is 132 Å². The topological polar surface area (TPSA) is 47.3 Å². The molecule has 0 bridgehead atoms. The SMILES string of the molecule is COc1ccc(CC(NN)c2cc(Cl)cc(Cl)c2)cc1F. The molecule has 2 rings (SSSR count). The number of hydrogen-bond acceptors (Lipinski definition) is 3. The van der Waals surface area contributed by atoms with Gasteiger partial charge in [-0.05, 0) is 47.9 Å². The van der Waals surface area contributed by atoms with Gasteiger partial charge in [-0.2, -0.15) is 0 Å². The number of methoxy groups -OCH3 is 1. The highest BCUT2D eigenvalue weighted by Gasteiger charge is 2.13. The second-order valence-corrected chi connectivity index (χ2v) is 5.47. The van der Waals surface area contributed by atoms with Gasteiger partial charge in [0.1, 0.15) is 0 Å². The van der Waals surface area contributed by atoms with E-state index in [2.05, 4.69) is 5.43 Å². The molecule has 3 nitrogen and oxygen atoms in total. The highest BCUT2D eigenvalue weighted by molar-refractivity contribution is 6.34. The predicted molar refractivity (Wildman–Crippen MR) is 83.2 cm³/mol. The molecule has 0 heterocycles. The fourth-order valence-corrected chi connectivity index (χ4v) is 2.66. The average Bonchev–Trinajstić information content (AvgIpc) is 2.43. The summed E-state index contributed by atoms with van der Waals surface area (Å²) in [5, 5.41) is 1.05. The van der Waals surface area contributed by atoms with Crippen LogP contribution in [-0.4, -0.2) is 7.11 Å². The molecule has 112 valence electrons. The molecule has 6 heteroatoms. The van der Waals surface area contributed by atoms with E-state index in [1.807, 2.05) is 0 Å². The Hall–Kier alpha value is -1.33. The molecule has 3 N–H and O–H groups in total. The van der Waals surface area contributed by atoms with Crippen molar-refractivity contribution >= 4 is 23.2 Å². The highest BCUT2D eigenvalue weighted by atomic mass is 35.5. The smallest absolute Gasteiger partial charge is 0.165 e. The van der Waals surface area contributed by atoms with Gasteiger partial charge in [-0.25, -0.2) is 4.39 Å². The van der Waals surface area contributed by atoms with Crippen molar-refractivity contribution in [3.63, 3.8) is 0 Å². The van der Waals surface area contributed by atoms with Gasteiger partial charge >= 0.3 is 0 Å². The van der Waals surface area contributed by atoms with E-state index >= 15 is 0 Å². The van der Waals surface area contributed by atoms with Gasteiger partial charge in [-0.1, -0.05) is 29.3 Å². The fraction of sp³-hybridized carbons (Fsp3) is 0.200. The average molecular weight is 329 g/mol. The zero-order chi connectivity index (χ0) is 15.4. The number of rotatable bonds is 5. The molecule has 1 unspecified atom stereocenters. The second-order valence-electron chi connectivity index (χ2n) is 4.60. The third kappa shape index (κ3) is 4.08. The first-order valence-electron chi connectivity index (χ1n) is 6.28. The zero-order valence-corrected chi connectivity index (χ0v) is 12.9. The molecule has 1 atom stereocenters. The van der Waals surface area contributed by atoms with Gasteiger partial charge < -0.3 is 4.74 Å². The summed E-state index contributed by atoms with van der Waals surface area (Å²) in [4.78, 5) is 0. The number of nitrogens with two attached hydrogens (primary N) is 1. The second kappa shape index (κ2) is 7.09. The van der Waals surface area contributed by atoms with Crippen LogP contribution in [0.15, 0.2) is 36.4 Å². The summed E-state index contributed by atoms with van der Waals surface area (Å²) in [6.07, 6.45) is 0.494. The summed E-state index contributed by atoms with van der Waals surface area (Å²) < 4.78 is 18.6. The van der Waals surface area contributed by atoms with Gasteiger partial charge in [0.15, 0.2) is 11.6 Å². The Morgan fingerprint density at radius 3 is 2.38 bits per heavy atom. The molecular formula is C15H15Cl2FN2O. The van der Waals surface area contributed by atoms with E-state index in [1.165, 1.54) is 13.2 Å². The molecule has 2 aromatic carbocycles. The minimum atomic E-state index is -0.408. The van der Waals surface area contributed by atoms with Crippen molar-refractivity contribution in [2.45, 2.75) is 12.5 Å². The third-order valence-corrected chi connectivity index (χ3v) is 3.58. The zero-order valence-electron chi connectivity index (χ0n) is 11.4. The lowest BCUT2D eigenvalue weighted by molar-refractivity contribution is 0.386. The predicted octanol–water partition coefficient (Wildman–Crippen LogP) is 3.89. The maximum absolute atomic E-state index is 13.7. The first kappa shape index (κ1) is 16.0. The molecule has 2 aromatic rings. The van der Waals surface area contributed by atoms with Gasteiger partial charge in [-0.3, -0.25) is 11.3 Å². The van der Waals surface area contributed by atoms with E-state index in [0.717, 1.165) is 11.1 Å². The quantitative estimate of drug-likeness (QED) is 0.646. The lowest BCUT2D eigenvalue weighted by Crippen LogP contribution is -2.29. The van der Waals surface area contributed by atoms with Crippen molar-refractivity contribution < 1.29 is 9.13 Å². The standard InChI is InChI=1S/C15H15Cl2FN2O/c1-21-15-3-2-9(4-13(15)18)5-14(20-19)10-6-11(16)8-12(17)7-10/h2-4,6-8,14,20H,5,19H2,1H3. The minimum absolute atomic E-state index is 0.210. The van der Waals surface area contributed by atoms with Crippen LogP contribution in [0.3, 0.4) is 0 Å². The van der Waals surface area contributed by atoms with Crippen molar-refractivity contribution in [2.75, 3.05) is 7.11 Å². The summed E-state index contributed by atoms with van der Waals surface area (Å²) in [6, 6.07) is 9.77. The Morgan fingerprint density at radius 2 is 1.86 bits per heavy atom. The van der Waals surface area contributed by atoms with Crippen LogP contribution in [0.5, 0.6) is 5.75 Å². The van der Waals surface area contributed by atoms with Gasteiger partial charge in [0.25, 0.3) is 0 Å². The van der Waals surface area contributed by atoms with E-state index in [0.29, 0.717) is 16.5 Å². The number of nitrogens with one attached hydrogen (secondary N) is 1. The normalized spacial score (nSPS) is 12.2. The summed E-state index contributed by atoms with van der Waals surface area (Å²) in [7, 11) is 1.43. The Balaban J connectivity index is 2.24. The van der Waals surface area contributed by atoms with Crippen molar-refractivity contribution in [1.29, 1.82) is 0 Å².